The molecule has 0 aromatic carbocycles. The SMILES string of the molecule is CCc1nnsc1C(N)CC1CC1. The fourth-order valence-electron chi connectivity index (χ4n) is 1.56. The molecule has 1 heterocycles. The Balaban J connectivity index is 2.04. The van der Waals surface area contributed by atoms with Crippen LogP contribution in [0.1, 0.15) is 42.8 Å². The third-order valence-electron chi connectivity index (χ3n) is 2.54. The van der Waals surface area contributed by atoms with Crippen molar-refractivity contribution in [1.82, 2.24) is 9.59 Å². The van der Waals surface area contributed by atoms with Crippen LogP contribution in [0, 0.1) is 5.92 Å². The van der Waals surface area contributed by atoms with Gasteiger partial charge in [0.1, 0.15) is 0 Å². The van der Waals surface area contributed by atoms with Gasteiger partial charge in [-0.3, -0.25) is 0 Å². The van der Waals surface area contributed by atoms with E-state index in [4.69, 9.17) is 5.73 Å². The van der Waals surface area contributed by atoms with Gasteiger partial charge in [-0.15, -0.1) is 5.10 Å². The summed E-state index contributed by atoms with van der Waals surface area (Å²) in [6.07, 6.45) is 4.80. The summed E-state index contributed by atoms with van der Waals surface area (Å²) >= 11 is 1.47. The molecule has 0 amide bonds. The Kier molecular flexibility index (Phi) is 2.60. The summed E-state index contributed by atoms with van der Waals surface area (Å²) in [5.41, 5.74) is 7.18. The zero-order chi connectivity index (χ0) is 9.26. The number of hydrogen-bond acceptors (Lipinski definition) is 4. The highest BCUT2D eigenvalue weighted by atomic mass is 32.1. The Labute approximate surface area is 82.5 Å². The summed E-state index contributed by atoms with van der Waals surface area (Å²) in [7, 11) is 0. The second-order valence-corrected chi connectivity index (χ2v) is 4.51. The first kappa shape index (κ1) is 9.09. The normalized spacial score (nSPS) is 18.9. The minimum atomic E-state index is 0.183. The predicted octanol–water partition coefficient (Wildman–Crippen LogP) is 1.90. The van der Waals surface area contributed by atoms with Crippen molar-refractivity contribution in [2.24, 2.45) is 11.7 Å². The fraction of sp³-hybridized carbons (Fsp3) is 0.778. The van der Waals surface area contributed by atoms with Gasteiger partial charge in [-0.2, -0.15) is 0 Å². The van der Waals surface area contributed by atoms with Crippen LogP contribution >= 0.6 is 11.5 Å². The van der Waals surface area contributed by atoms with Gasteiger partial charge in [-0.25, -0.2) is 0 Å². The monoisotopic (exact) mass is 197 g/mol. The largest absolute Gasteiger partial charge is 0.323 e. The maximum Gasteiger partial charge on any atom is 0.0800 e. The molecule has 13 heavy (non-hydrogen) atoms. The average molecular weight is 197 g/mol. The molecule has 1 unspecified atom stereocenters. The highest BCUT2D eigenvalue weighted by Gasteiger charge is 2.26. The molecule has 1 aromatic rings. The molecule has 0 aliphatic heterocycles. The Bertz CT molecular complexity index is 280. The van der Waals surface area contributed by atoms with Crippen molar-refractivity contribution in [3.05, 3.63) is 10.6 Å². The molecule has 1 aromatic heterocycles. The van der Waals surface area contributed by atoms with Crippen molar-refractivity contribution in [1.29, 1.82) is 0 Å². The van der Waals surface area contributed by atoms with Gasteiger partial charge >= 0.3 is 0 Å². The first-order chi connectivity index (χ1) is 6.31. The van der Waals surface area contributed by atoms with Crippen LogP contribution in [0.15, 0.2) is 0 Å². The van der Waals surface area contributed by atoms with E-state index in [2.05, 4.69) is 16.5 Å². The van der Waals surface area contributed by atoms with Crippen molar-refractivity contribution >= 4 is 11.5 Å². The zero-order valence-electron chi connectivity index (χ0n) is 7.86. The molecule has 2 N–H and O–H groups in total. The zero-order valence-corrected chi connectivity index (χ0v) is 8.68. The number of hydrogen-bond donors (Lipinski definition) is 1. The quantitative estimate of drug-likeness (QED) is 0.802. The van der Waals surface area contributed by atoms with Crippen LogP contribution in [0.4, 0.5) is 0 Å². The predicted molar refractivity (Wildman–Crippen MR) is 53.6 cm³/mol. The topological polar surface area (TPSA) is 51.8 Å². The minimum Gasteiger partial charge on any atom is -0.323 e. The number of rotatable bonds is 4. The number of nitrogens with two attached hydrogens (primary N) is 1. The molecule has 1 aliphatic carbocycles. The van der Waals surface area contributed by atoms with E-state index >= 15 is 0 Å². The van der Waals surface area contributed by atoms with Gasteiger partial charge in [0, 0.05) is 6.04 Å². The van der Waals surface area contributed by atoms with Crippen LogP contribution in [0.5, 0.6) is 0 Å². The minimum absolute atomic E-state index is 0.183. The van der Waals surface area contributed by atoms with Crippen molar-refractivity contribution < 1.29 is 0 Å². The van der Waals surface area contributed by atoms with Gasteiger partial charge in [-0.1, -0.05) is 24.3 Å². The van der Waals surface area contributed by atoms with E-state index in [9.17, 15) is 0 Å². The Hall–Kier alpha value is -0.480. The lowest BCUT2D eigenvalue weighted by Crippen LogP contribution is -2.11. The third kappa shape index (κ3) is 2.06. The van der Waals surface area contributed by atoms with E-state index in [0.29, 0.717) is 0 Å². The average Bonchev–Trinajstić information content (AvgIpc) is 2.82. The Morgan fingerprint density at radius 2 is 2.38 bits per heavy atom. The Morgan fingerprint density at radius 1 is 1.62 bits per heavy atom. The molecular weight excluding hydrogens is 182 g/mol. The molecule has 0 saturated heterocycles. The van der Waals surface area contributed by atoms with Crippen LogP contribution in [0.25, 0.3) is 0 Å². The Morgan fingerprint density at radius 3 is 3.00 bits per heavy atom. The van der Waals surface area contributed by atoms with Crippen LogP contribution in [-0.2, 0) is 6.42 Å². The lowest BCUT2D eigenvalue weighted by Gasteiger charge is -2.08. The van der Waals surface area contributed by atoms with Gasteiger partial charge in [0.15, 0.2) is 0 Å². The summed E-state index contributed by atoms with van der Waals surface area (Å²) in [4.78, 5) is 1.20. The van der Waals surface area contributed by atoms with Crippen LogP contribution in [0.2, 0.25) is 0 Å². The standard InChI is InChI=1S/C9H15N3S/c1-2-8-9(13-12-11-8)7(10)5-6-3-4-6/h6-7H,2-5,10H2,1H3. The molecule has 0 spiro atoms. The maximum absolute atomic E-state index is 6.09. The van der Waals surface area contributed by atoms with Crippen molar-refractivity contribution in [2.45, 2.75) is 38.6 Å². The highest BCUT2D eigenvalue weighted by molar-refractivity contribution is 7.05. The summed E-state index contributed by atoms with van der Waals surface area (Å²) in [5, 5.41) is 4.07. The highest BCUT2D eigenvalue weighted by Crippen LogP contribution is 2.37. The second kappa shape index (κ2) is 3.72. The molecule has 72 valence electrons. The van der Waals surface area contributed by atoms with E-state index in [1.807, 2.05) is 0 Å². The molecule has 1 saturated carbocycles. The van der Waals surface area contributed by atoms with Gasteiger partial charge in [-0.05, 0) is 30.3 Å². The number of aromatic nitrogens is 2. The van der Waals surface area contributed by atoms with E-state index in [1.165, 1.54) is 29.3 Å². The van der Waals surface area contributed by atoms with E-state index < -0.39 is 0 Å². The van der Waals surface area contributed by atoms with Gasteiger partial charge in [0.25, 0.3) is 0 Å². The van der Waals surface area contributed by atoms with E-state index in [-0.39, 0.29) is 6.04 Å². The summed E-state index contributed by atoms with van der Waals surface area (Å²) in [6.45, 7) is 2.10. The van der Waals surface area contributed by atoms with E-state index in [1.54, 1.807) is 0 Å². The van der Waals surface area contributed by atoms with Gasteiger partial charge < -0.3 is 5.73 Å². The molecule has 1 atom stereocenters. The third-order valence-corrected chi connectivity index (χ3v) is 3.44. The van der Waals surface area contributed by atoms with Gasteiger partial charge in [0.2, 0.25) is 0 Å². The lowest BCUT2D eigenvalue weighted by atomic mass is 10.1. The molecule has 0 radical (unpaired) electrons. The van der Waals surface area contributed by atoms with E-state index in [0.717, 1.165) is 24.5 Å². The number of aryl methyl sites for hydroxylation is 1. The molecule has 1 aliphatic rings. The van der Waals surface area contributed by atoms with Crippen LogP contribution < -0.4 is 5.73 Å². The van der Waals surface area contributed by atoms with Crippen LogP contribution in [-0.4, -0.2) is 9.59 Å². The fourth-order valence-corrected chi connectivity index (χ4v) is 2.31. The summed E-state index contributed by atoms with van der Waals surface area (Å²) in [5.74, 6) is 0.877. The smallest absolute Gasteiger partial charge is 0.0800 e. The van der Waals surface area contributed by atoms with Crippen molar-refractivity contribution in [3.8, 4) is 0 Å². The maximum atomic E-state index is 6.09. The molecule has 3 nitrogen and oxygen atoms in total. The molecular formula is C9H15N3S. The summed E-state index contributed by atoms with van der Waals surface area (Å²) in [6, 6.07) is 0.183. The first-order valence-corrected chi connectivity index (χ1v) is 5.65. The molecule has 4 heteroatoms. The molecule has 2 rings (SSSR count). The molecule has 0 bridgehead atoms. The second-order valence-electron chi connectivity index (χ2n) is 3.72. The number of nitrogens with zero attached hydrogens (tertiary/aromatic N) is 2. The summed E-state index contributed by atoms with van der Waals surface area (Å²) < 4.78 is 3.95. The molecule has 1 fully saturated rings. The van der Waals surface area contributed by atoms with Crippen LogP contribution in [0.3, 0.4) is 0 Å². The lowest BCUT2D eigenvalue weighted by molar-refractivity contribution is 0.599. The van der Waals surface area contributed by atoms with Crippen molar-refractivity contribution in [3.63, 3.8) is 0 Å². The first-order valence-electron chi connectivity index (χ1n) is 4.88. The van der Waals surface area contributed by atoms with Gasteiger partial charge in [0.05, 0.1) is 10.6 Å². The van der Waals surface area contributed by atoms with Crippen molar-refractivity contribution in [2.75, 3.05) is 0 Å².